The number of nitrogens with two attached hydrogens (primary N) is 1. The number of hydrogen-bond acceptors (Lipinski definition) is 2. The molecule has 0 spiro atoms. The molecule has 0 fully saturated rings. The molecule has 0 heterocycles. The lowest BCUT2D eigenvalue weighted by atomic mass is 10.00. The molecule has 1 atom stereocenters. The first-order valence-electron chi connectivity index (χ1n) is 6.14. The molecule has 16 heavy (non-hydrogen) atoms. The average molecular weight is 220 g/mol. The maximum absolute atomic E-state index is 5.66. The molecular weight excluding hydrogens is 196 g/mol. The van der Waals surface area contributed by atoms with Crippen molar-refractivity contribution >= 4 is 0 Å². The molecule has 0 amide bonds. The van der Waals surface area contributed by atoms with Gasteiger partial charge in [0.25, 0.3) is 0 Å². The van der Waals surface area contributed by atoms with Crippen LogP contribution in [0, 0.1) is 0 Å². The molecule has 0 aliphatic carbocycles. The van der Waals surface area contributed by atoms with E-state index in [1.54, 1.807) is 0 Å². The van der Waals surface area contributed by atoms with E-state index in [-0.39, 0.29) is 0 Å². The third-order valence-corrected chi connectivity index (χ3v) is 2.97. The first-order valence-corrected chi connectivity index (χ1v) is 6.14. The first kappa shape index (κ1) is 13.2. The van der Waals surface area contributed by atoms with Gasteiger partial charge in [-0.3, -0.25) is 0 Å². The second-order valence-electron chi connectivity index (χ2n) is 4.55. The topological polar surface area (TPSA) is 29.3 Å². The molecule has 0 aliphatic rings. The zero-order valence-electron chi connectivity index (χ0n) is 10.7. The van der Waals surface area contributed by atoms with Gasteiger partial charge in [0.2, 0.25) is 0 Å². The van der Waals surface area contributed by atoms with Crippen LogP contribution >= 0.6 is 0 Å². The lowest BCUT2D eigenvalue weighted by Crippen LogP contribution is -2.22. The van der Waals surface area contributed by atoms with Gasteiger partial charge < -0.3 is 10.6 Å². The summed E-state index contributed by atoms with van der Waals surface area (Å²) in [5.41, 5.74) is 8.45. The van der Waals surface area contributed by atoms with Gasteiger partial charge in [-0.05, 0) is 44.6 Å². The largest absolute Gasteiger partial charge is 0.330 e. The van der Waals surface area contributed by atoms with E-state index in [4.69, 9.17) is 5.73 Å². The van der Waals surface area contributed by atoms with Gasteiger partial charge >= 0.3 is 0 Å². The van der Waals surface area contributed by atoms with Crippen LogP contribution in [0.15, 0.2) is 24.3 Å². The van der Waals surface area contributed by atoms with Crippen molar-refractivity contribution in [3.8, 4) is 0 Å². The Balaban J connectivity index is 2.77. The molecule has 2 N–H and O–H groups in total. The van der Waals surface area contributed by atoms with E-state index in [1.165, 1.54) is 24.0 Å². The van der Waals surface area contributed by atoms with E-state index >= 15 is 0 Å². The monoisotopic (exact) mass is 220 g/mol. The van der Waals surface area contributed by atoms with Crippen molar-refractivity contribution in [3.63, 3.8) is 0 Å². The molecule has 2 nitrogen and oxygen atoms in total. The summed E-state index contributed by atoms with van der Waals surface area (Å²) in [5.74, 6) is 0. The fourth-order valence-corrected chi connectivity index (χ4v) is 2.08. The minimum atomic E-state index is 0.445. The molecule has 1 rings (SSSR count). The molecular formula is C14H24N2. The Morgan fingerprint density at radius 2 is 1.81 bits per heavy atom. The van der Waals surface area contributed by atoms with Crippen molar-refractivity contribution in [1.82, 2.24) is 4.90 Å². The highest BCUT2D eigenvalue weighted by Crippen LogP contribution is 2.21. The molecule has 90 valence electrons. The Morgan fingerprint density at radius 1 is 1.19 bits per heavy atom. The summed E-state index contributed by atoms with van der Waals surface area (Å²) in [5, 5.41) is 0. The number of benzene rings is 1. The third-order valence-electron chi connectivity index (χ3n) is 2.97. The molecule has 0 aromatic heterocycles. The van der Waals surface area contributed by atoms with Crippen LogP contribution in [0.2, 0.25) is 0 Å². The lowest BCUT2D eigenvalue weighted by Gasteiger charge is -2.24. The van der Waals surface area contributed by atoms with Crippen molar-refractivity contribution in [2.24, 2.45) is 5.73 Å². The summed E-state index contributed by atoms with van der Waals surface area (Å²) in [6.07, 6.45) is 3.39. The second kappa shape index (κ2) is 6.66. The maximum Gasteiger partial charge on any atom is 0.0354 e. The van der Waals surface area contributed by atoms with Crippen molar-refractivity contribution in [1.29, 1.82) is 0 Å². The van der Waals surface area contributed by atoms with E-state index in [0.717, 1.165) is 13.0 Å². The second-order valence-corrected chi connectivity index (χ2v) is 4.55. The van der Waals surface area contributed by atoms with Crippen LogP contribution in [0.5, 0.6) is 0 Å². The minimum Gasteiger partial charge on any atom is -0.330 e. The van der Waals surface area contributed by atoms with E-state index in [9.17, 15) is 0 Å². The molecule has 1 aromatic carbocycles. The summed E-state index contributed by atoms with van der Waals surface area (Å²) in [6, 6.07) is 9.41. The van der Waals surface area contributed by atoms with Gasteiger partial charge in [0, 0.05) is 6.04 Å². The van der Waals surface area contributed by atoms with Gasteiger partial charge in [0.15, 0.2) is 0 Å². The molecule has 0 bridgehead atoms. The van der Waals surface area contributed by atoms with E-state index in [0.29, 0.717) is 6.04 Å². The fourth-order valence-electron chi connectivity index (χ4n) is 2.08. The summed E-state index contributed by atoms with van der Waals surface area (Å²) < 4.78 is 0. The van der Waals surface area contributed by atoms with E-state index in [2.05, 4.69) is 50.2 Å². The number of aryl methyl sites for hydroxylation is 1. The van der Waals surface area contributed by atoms with Crippen LogP contribution in [0.3, 0.4) is 0 Å². The Morgan fingerprint density at radius 3 is 2.25 bits per heavy atom. The lowest BCUT2D eigenvalue weighted by molar-refractivity contribution is 0.287. The highest BCUT2D eigenvalue weighted by atomic mass is 15.1. The van der Waals surface area contributed by atoms with Crippen LogP contribution in [0.1, 0.15) is 36.9 Å². The molecule has 0 aliphatic heterocycles. The van der Waals surface area contributed by atoms with Crippen molar-refractivity contribution in [2.75, 3.05) is 20.6 Å². The minimum absolute atomic E-state index is 0.445. The van der Waals surface area contributed by atoms with Gasteiger partial charge in [0.05, 0.1) is 0 Å². The van der Waals surface area contributed by atoms with Crippen LogP contribution in [0.25, 0.3) is 0 Å². The smallest absolute Gasteiger partial charge is 0.0354 e. The van der Waals surface area contributed by atoms with Gasteiger partial charge in [-0.1, -0.05) is 37.6 Å². The predicted octanol–water partition coefficient (Wildman–Crippen LogP) is 2.59. The highest BCUT2D eigenvalue weighted by molar-refractivity contribution is 5.25. The quantitative estimate of drug-likeness (QED) is 0.798. The zero-order chi connectivity index (χ0) is 12.0. The summed E-state index contributed by atoms with van der Waals surface area (Å²) in [4.78, 5) is 2.24. The molecule has 0 radical (unpaired) electrons. The van der Waals surface area contributed by atoms with Crippen LogP contribution in [0.4, 0.5) is 0 Å². The maximum atomic E-state index is 5.66. The SMILES string of the molecule is CCCc1ccc(C(CCN)N(C)C)cc1. The summed E-state index contributed by atoms with van der Waals surface area (Å²) in [6.45, 7) is 2.95. The number of rotatable bonds is 6. The predicted molar refractivity (Wildman–Crippen MR) is 70.5 cm³/mol. The summed E-state index contributed by atoms with van der Waals surface area (Å²) in [7, 11) is 4.22. The molecule has 1 aromatic rings. The molecule has 0 saturated carbocycles. The average Bonchev–Trinajstić information content (AvgIpc) is 2.27. The van der Waals surface area contributed by atoms with Gasteiger partial charge in [-0.25, -0.2) is 0 Å². The van der Waals surface area contributed by atoms with Crippen molar-refractivity contribution in [3.05, 3.63) is 35.4 Å². The van der Waals surface area contributed by atoms with Crippen molar-refractivity contribution < 1.29 is 0 Å². The van der Waals surface area contributed by atoms with Crippen LogP contribution in [-0.4, -0.2) is 25.5 Å². The molecule has 0 saturated heterocycles. The Hall–Kier alpha value is -0.860. The van der Waals surface area contributed by atoms with Gasteiger partial charge in [-0.15, -0.1) is 0 Å². The zero-order valence-corrected chi connectivity index (χ0v) is 10.7. The summed E-state index contributed by atoms with van der Waals surface area (Å²) >= 11 is 0. The van der Waals surface area contributed by atoms with Crippen molar-refractivity contribution in [2.45, 2.75) is 32.2 Å². The normalized spacial score (nSPS) is 13.1. The number of hydrogen-bond donors (Lipinski definition) is 1. The van der Waals surface area contributed by atoms with Gasteiger partial charge in [0.1, 0.15) is 0 Å². The molecule has 2 heteroatoms. The number of nitrogens with zero attached hydrogens (tertiary/aromatic N) is 1. The third kappa shape index (κ3) is 3.62. The Kier molecular flexibility index (Phi) is 5.50. The van der Waals surface area contributed by atoms with Crippen LogP contribution < -0.4 is 5.73 Å². The first-order chi connectivity index (χ1) is 7.69. The Labute approximate surface area is 99.5 Å². The highest BCUT2D eigenvalue weighted by Gasteiger charge is 2.12. The fraction of sp³-hybridized carbons (Fsp3) is 0.571. The van der Waals surface area contributed by atoms with E-state index < -0.39 is 0 Å². The van der Waals surface area contributed by atoms with Crippen LogP contribution in [-0.2, 0) is 6.42 Å². The van der Waals surface area contributed by atoms with Gasteiger partial charge in [-0.2, -0.15) is 0 Å². The van der Waals surface area contributed by atoms with E-state index in [1.807, 2.05) is 0 Å². The Bertz CT molecular complexity index is 290. The molecule has 1 unspecified atom stereocenters. The standard InChI is InChI=1S/C14H24N2/c1-4-5-12-6-8-13(9-7-12)14(10-11-15)16(2)3/h6-9,14H,4-5,10-11,15H2,1-3H3.